The molecule has 6 heteroatoms. The molecule has 0 radical (unpaired) electrons. The van der Waals surface area contributed by atoms with E-state index < -0.39 is 5.97 Å². The Morgan fingerprint density at radius 1 is 1.47 bits per heavy atom. The number of rotatable bonds is 3. The molecule has 0 saturated carbocycles. The quantitative estimate of drug-likeness (QED) is 0.802. The molecular weight excluding hydrogens is 222 g/mol. The van der Waals surface area contributed by atoms with E-state index in [1.807, 2.05) is 0 Å². The zero-order valence-electron chi connectivity index (χ0n) is 10.5. The number of anilines is 1. The van der Waals surface area contributed by atoms with Crippen LogP contribution in [0.2, 0.25) is 0 Å². The largest absolute Gasteiger partial charge is 0.462 e. The van der Waals surface area contributed by atoms with Crippen molar-refractivity contribution in [2.75, 3.05) is 12.3 Å². The van der Waals surface area contributed by atoms with Crippen molar-refractivity contribution >= 4 is 17.7 Å². The lowest BCUT2D eigenvalue weighted by Gasteiger charge is -2.05. The molecule has 0 unspecified atom stereocenters. The monoisotopic (exact) mass is 239 g/mol. The maximum atomic E-state index is 11.8. The summed E-state index contributed by atoms with van der Waals surface area (Å²) in [5.74, 6) is -1.00. The van der Waals surface area contributed by atoms with Crippen LogP contribution in [0.5, 0.6) is 0 Å². The van der Waals surface area contributed by atoms with Gasteiger partial charge in [0.15, 0.2) is 0 Å². The minimum atomic E-state index is -0.551. The number of nitrogens with zero attached hydrogens (tertiary/aromatic N) is 2. The van der Waals surface area contributed by atoms with E-state index >= 15 is 0 Å². The Morgan fingerprint density at radius 3 is 2.53 bits per heavy atom. The summed E-state index contributed by atoms with van der Waals surface area (Å²) in [5.41, 5.74) is 6.32. The van der Waals surface area contributed by atoms with E-state index in [0.29, 0.717) is 5.69 Å². The molecule has 0 spiro atoms. The van der Waals surface area contributed by atoms with Crippen LogP contribution in [0.25, 0.3) is 0 Å². The van der Waals surface area contributed by atoms with Gasteiger partial charge in [0, 0.05) is 5.92 Å². The van der Waals surface area contributed by atoms with Crippen molar-refractivity contribution in [3.8, 4) is 0 Å². The molecule has 0 fully saturated rings. The first-order valence-electron chi connectivity index (χ1n) is 5.46. The van der Waals surface area contributed by atoms with Crippen LogP contribution >= 0.6 is 0 Å². The summed E-state index contributed by atoms with van der Waals surface area (Å²) in [4.78, 5) is 23.4. The van der Waals surface area contributed by atoms with Crippen molar-refractivity contribution in [2.45, 2.75) is 27.7 Å². The summed E-state index contributed by atoms with van der Waals surface area (Å²) in [6, 6.07) is 0. The number of carbonyl (C=O) groups excluding carboxylic acids is 2. The van der Waals surface area contributed by atoms with Gasteiger partial charge in [-0.1, -0.05) is 13.8 Å². The molecule has 94 valence electrons. The molecule has 0 aliphatic carbocycles. The summed E-state index contributed by atoms with van der Waals surface area (Å²) in [7, 11) is 0. The number of aromatic nitrogens is 2. The third-order valence-electron chi connectivity index (χ3n) is 2.28. The van der Waals surface area contributed by atoms with Crippen LogP contribution in [0.15, 0.2) is 0 Å². The number of nitrogens with two attached hydrogens (primary N) is 1. The number of nitrogen functional groups attached to an aromatic ring is 1. The molecule has 0 aliphatic heterocycles. The van der Waals surface area contributed by atoms with Crippen LogP contribution in [0.3, 0.4) is 0 Å². The van der Waals surface area contributed by atoms with Gasteiger partial charge in [-0.15, -0.1) is 0 Å². The van der Waals surface area contributed by atoms with Gasteiger partial charge in [0.25, 0.3) is 5.91 Å². The zero-order valence-corrected chi connectivity index (χ0v) is 10.5. The lowest BCUT2D eigenvalue weighted by atomic mass is 10.2. The molecule has 2 N–H and O–H groups in total. The number of aryl methyl sites for hydroxylation is 1. The van der Waals surface area contributed by atoms with Gasteiger partial charge in [-0.2, -0.15) is 9.78 Å². The predicted octanol–water partition coefficient (Wildman–Crippen LogP) is 1.25. The average molecular weight is 239 g/mol. The average Bonchev–Trinajstić information content (AvgIpc) is 2.53. The highest BCUT2D eigenvalue weighted by Gasteiger charge is 2.24. The van der Waals surface area contributed by atoms with Crippen molar-refractivity contribution in [3.05, 3.63) is 11.3 Å². The van der Waals surface area contributed by atoms with E-state index in [9.17, 15) is 9.59 Å². The van der Waals surface area contributed by atoms with E-state index in [0.717, 1.165) is 4.68 Å². The van der Waals surface area contributed by atoms with Gasteiger partial charge in [0.05, 0.1) is 12.3 Å². The number of hydrogen-bond donors (Lipinski definition) is 1. The van der Waals surface area contributed by atoms with Crippen molar-refractivity contribution in [2.24, 2.45) is 5.92 Å². The Morgan fingerprint density at radius 2 is 2.06 bits per heavy atom. The van der Waals surface area contributed by atoms with Gasteiger partial charge < -0.3 is 10.5 Å². The maximum Gasteiger partial charge on any atom is 0.343 e. The Kier molecular flexibility index (Phi) is 3.88. The third kappa shape index (κ3) is 2.46. The van der Waals surface area contributed by atoms with Crippen LogP contribution in [0, 0.1) is 12.8 Å². The highest BCUT2D eigenvalue weighted by molar-refractivity contribution is 5.98. The van der Waals surface area contributed by atoms with E-state index in [1.165, 1.54) is 0 Å². The van der Waals surface area contributed by atoms with E-state index in [4.69, 9.17) is 10.5 Å². The first-order chi connectivity index (χ1) is 7.90. The van der Waals surface area contributed by atoms with Crippen LogP contribution in [-0.4, -0.2) is 28.3 Å². The molecule has 1 aromatic rings. The van der Waals surface area contributed by atoms with Crippen molar-refractivity contribution in [3.63, 3.8) is 0 Å². The van der Waals surface area contributed by atoms with Crippen LogP contribution in [0.1, 0.15) is 41.6 Å². The molecule has 6 nitrogen and oxygen atoms in total. The Labute approximate surface area is 99.7 Å². The van der Waals surface area contributed by atoms with Crippen LogP contribution in [0.4, 0.5) is 5.82 Å². The fraction of sp³-hybridized carbons (Fsp3) is 0.545. The molecule has 0 aliphatic rings. The lowest BCUT2D eigenvalue weighted by Crippen LogP contribution is -2.21. The molecule has 1 aromatic heterocycles. The molecule has 1 rings (SSSR count). The number of carbonyl (C=O) groups is 2. The van der Waals surface area contributed by atoms with Gasteiger partial charge in [-0.3, -0.25) is 4.79 Å². The van der Waals surface area contributed by atoms with Gasteiger partial charge in [-0.25, -0.2) is 4.79 Å². The molecule has 0 aromatic carbocycles. The zero-order chi connectivity index (χ0) is 13.2. The van der Waals surface area contributed by atoms with Crippen molar-refractivity contribution in [1.82, 2.24) is 9.78 Å². The Balaban J connectivity index is 3.19. The van der Waals surface area contributed by atoms with E-state index in [1.54, 1.807) is 27.7 Å². The summed E-state index contributed by atoms with van der Waals surface area (Å²) in [6.45, 7) is 7.05. The summed E-state index contributed by atoms with van der Waals surface area (Å²) >= 11 is 0. The number of hydrogen-bond acceptors (Lipinski definition) is 5. The second kappa shape index (κ2) is 4.99. The second-order valence-corrected chi connectivity index (χ2v) is 3.97. The molecule has 0 saturated heterocycles. The van der Waals surface area contributed by atoms with Gasteiger partial charge in [0.1, 0.15) is 11.4 Å². The summed E-state index contributed by atoms with van der Waals surface area (Å²) in [5, 5.41) is 3.98. The highest BCUT2D eigenvalue weighted by atomic mass is 16.5. The molecule has 1 heterocycles. The third-order valence-corrected chi connectivity index (χ3v) is 2.28. The van der Waals surface area contributed by atoms with Gasteiger partial charge in [-0.05, 0) is 13.8 Å². The smallest absolute Gasteiger partial charge is 0.343 e. The minimum absolute atomic E-state index is 0.0413. The predicted molar refractivity (Wildman–Crippen MR) is 62.8 cm³/mol. The normalized spacial score (nSPS) is 10.6. The maximum absolute atomic E-state index is 11.8. The SMILES string of the molecule is CCOC(=O)c1c(C)nn(C(=O)C(C)C)c1N. The molecule has 0 bridgehead atoms. The second-order valence-electron chi connectivity index (χ2n) is 3.97. The molecule has 17 heavy (non-hydrogen) atoms. The standard InChI is InChI=1S/C11H17N3O3/c1-5-17-11(16)8-7(4)13-14(9(8)12)10(15)6(2)3/h6H,5,12H2,1-4H3. The Bertz CT molecular complexity index is 449. The van der Waals surface area contributed by atoms with Crippen molar-refractivity contribution in [1.29, 1.82) is 0 Å². The fourth-order valence-electron chi connectivity index (χ4n) is 1.41. The lowest BCUT2D eigenvalue weighted by molar-refractivity contribution is 0.0527. The van der Waals surface area contributed by atoms with Gasteiger partial charge >= 0.3 is 5.97 Å². The summed E-state index contributed by atoms with van der Waals surface area (Å²) < 4.78 is 5.92. The molecule has 0 atom stereocenters. The van der Waals surface area contributed by atoms with Crippen molar-refractivity contribution < 1.29 is 14.3 Å². The van der Waals surface area contributed by atoms with Crippen LogP contribution in [-0.2, 0) is 4.74 Å². The first kappa shape index (κ1) is 13.2. The Hall–Kier alpha value is -1.85. The van der Waals surface area contributed by atoms with E-state index in [2.05, 4.69) is 5.10 Å². The topological polar surface area (TPSA) is 87.2 Å². The summed E-state index contributed by atoms with van der Waals surface area (Å²) in [6.07, 6.45) is 0. The van der Waals surface area contributed by atoms with E-state index in [-0.39, 0.29) is 29.8 Å². The minimum Gasteiger partial charge on any atom is -0.462 e. The fourth-order valence-corrected chi connectivity index (χ4v) is 1.41. The van der Waals surface area contributed by atoms with Crippen LogP contribution < -0.4 is 5.73 Å². The van der Waals surface area contributed by atoms with Gasteiger partial charge in [0.2, 0.25) is 0 Å². The molecule has 0 amide bonds. The number of ether oxygens (including phenoxy) is 1. The number of esters is 1. The first-order valence-corrected chi connectivity index (χ1v) is 5.46. The molecular formula is C11H17N3O3. The highest BCUT2D eigenvalue weighted by Crippen LogP contribution is 2.18.